The normalized spacial score (nSPS) is 10.6. The van der Waals surface area contributed by atoms with E-state index in [2.05, 4.69) is 10.3 Å². The van der Waals surface area contributed by atoms with Gasteiger partial charge in [0.25, 0.3) is 5.69 Å². The van der Waals surface area contributed by atoms with Gasteiger partial charge in [0.05, 0.1) is 20.7 Å². The summed E-state index contributed by atoms with van der Waals surface area (Å²) in [6.07, 6.45) is 0. The first-order valence-corrected chi connectivity index (χ1v) is 7.45. The van der Waals surface area contributed by atoms with Gasteiger partial charge in [-0.2, -0.15) is 0 Å². The smallest absolute Gasteiger partial charge is 0.335 e. The number of thiazole rings is 1. The summed E-state index contributed by atoms with van der Waals surface area (Å²) < 4.78 is 0.739. The molecule has 7 nitrogen and oxygen atoms in total. The van der Waals surface area contributed by atoms with Crippen molar-refractivity contribution in [1.29, 1.82) is 0 Å². The molecule has 0 aliphatic carbocycles. The molecule has 23 heavy (non-hydrogen) atoms. The zero-order chi connectivity index (χ0) is 16.4. The number of fused-ring (bicyclic) bond motifs is 1. The predicted molar refractivity (Wildman–Crippen MR) is 87.0 cm³/mol. The van der Waals surface area contributed by atoms with Crippen LogP contribution < -0.4 is 5.32 Å². The first-order valence-electron chi connectivity index (χ1n) is 6.64. The van der Waals surface area contributed by atoms with E-state index in [0.717, 1.165) is 10.3 Å². The third kappa shape index (κ3) is 3.27. The molecule has 0 aliphatic rings. The highest BCUT2D eigenvalue weighted by molar-refractivity contribution is 7.22. The average molecular weight is 329 g/mol. The molecule has 8 heteroatoms. The van der Waals surface area contributed by atoms with Crippen molar-refractivity contribution in [3.05, 3.63) is 63.7 Å². The van der Waals surface area contributed by atoms with E-state index in [1.807, 2.05) is 0 Å². The minimum Gasteiger partial charge on any atom is -0.478 e. The number of benzene rings is 2. The van der Waals surface area contributed by atoms with Crippen molar-refractivity contribution in [3.8, 4) is 0 Å². The van der Waals surface area contributed by atoms with Crippen molar-refractivity contribution in [1.82, 2.24) is 4.98 Å². The van der Waals surface area contributed by atoms with Crippen LogP contribution in [0.5, 0.6) is 0 Å². The van der Waals surface area contributed by atoms with Crippen LogP contribution in [-0.2, 0) is 6.54 Å². The van der Waals surface area contributed by atoms with E-state index in [1.165, 1.54) is 23.5 Å². The highest BCUT2D eigenvalue weighted by Crippen LogP contribution is 2.29. The lowest BCUT2D eigenvalue weighted by Crippen LogP contribution is -2.00. The second-order valence-corrected chi connectivity index (χ2v) is 5.81. The SMILES string of the molecule is O=C(O)c1ccc(CNc2nc3ccc([N+](=O)[O-])cc3s2)cc1. The Morgan fingerprint density at radius 3 is 2.65 bits per heavy atom. The van der Waals surface area contributed by atoms with Gasteiger partial charge < -0.3 is 10.4 Å². The maximum Gasteiger partial charge on any atom is 0.335 e. The van der Waals surface area contributed by atoms with E-state index in [0.29, 0.717) is 17.2 Å². The Kier molecular flexibility index (Phi) is 3.90. The maximum atomic E-state index is 10.8. The fraction of sp³-hybridized carbons (Fsp3) is 0.0667. The summed E-state index contributed by atoms with van der Waals surface area (Å²) in [6, 6.07) is 11.1. The lowest BCUT2D eigenvalue weighted by atomic mass is 10.1. The van der Waals surface area contributed by atoms with E-state index in [1.54, 1.807) is 30.3 Å². The van der Waals surface area contributed by atoms with Gasteiger partial charge in [0.1, 0.15) is 0 Å². The Balaban J connectivity index is 1.74. The van der Waals surface area contributed by atoms with Gasteiger partial charge in [0.2, 0.25) is 0 Å². The van der Waals surface area contributed by atoms with E-state index in [4.69, 9.17) is 5.11 Å². The lowest BCUT2D eigenvalue weighted by Gasteiger charge is -2.03. The number of aromatic nitrogens is 1. The van der Waals surface area contributed by atoms with Gasteiger partial charge in [0, 0.05) is 18.7 Å². The second-order valence-electron chi connectivity index (χ2n) is 4.78. The van der Waals surface area contributed by atoms with Crippen LogP contribution in [-0.4, -0.2) is 21.0 Å². The summed E-state index contributed by atoms with van der Waals surface area (Å²) in [5, 5.41) is 23.4. The molecule has 0 atom stereocenters. The molecule has 116 valence electrons. The molecule has 0 spiro atoms. The summed E-state index contributed by atoms with van der Waals surface area (Å²) in [7, 11) is 0. The summed E-state index contributed by atoms with van der Waals surface area (Å²) in [5.74, 6) is -0.961. The molecule has 1 aromatic heterocycles. The number of carbonyl (C=O) groups is 1. The molecule has 0 saturated carbocycles. The van der Waals surface area contributed by atoms with Gasteiger partial charge in [-0.25, -0.2) is 9.78 Å². The number of aromatic carboxylic acids is 1. The van der Waals surface area contributed by atoms with Gasteiger partial charge in [-0.05, 0) is 23.8 Å². The van der Waals surface area contributed by atoms with Gasteiger partial charge in [-0.1, -0.05) is 23.5 Å². The predicted octanol–water partition coefficient (Wildman–Crippen LogP) is 3.51. The monoisotopic (exact) mass is 329 g/mol. The Hall–Kier alpha value is -3.00. The van der Waals surface area contributed by atoms with E-state index in [9.17, 15) is 14.9 Å². The Morgan fingerprint density at radius 2 is 2.00 bits per heavy atom. The summed E-state index contributed by atoms with van der Waals surface area (Å²) in [4.78, 5) is 25.5. The molecule has 2 N–H and O–H groups in total. The largest absolute Gasteiger partial charge is 0.478 e. The van der Waals surface area contributed by atoms with Crippen molar-refractivity contribution in [2.24, 2.45) is 0 Å². The summed E-state index contributed by atoms with van der Waals surface area (Å²) >= 11 is 1.34. The fourth-order valence-corrected chi connectivity index (χ4v) is 2.94. The van der Waals surface area contributed by atoms with Crippen LogP contribution in [0.15, 0.2) is 42.5 Å². The number of rotatable bonds is 5. The van der Waals surface area contributed by atoms with Gasteiger partial charge >= 0.3 is 5.97 Å². The minimum absolute atomic E-state index is 0.0389. The van der Waals surface area contributed by atoms with Crippen molar-refractivity contribution >= 4 is 38.3 Å². The Labute approximate surface area is 134 Å². The van der Waals surface area contributed by atoms with Gasteiger partial charge in [-0.3, -0.25) is 10.1 Å². The average Bonchev–Trinajstić information content (AvgIpc) is 2.95. The molecule has 3 rings (SSSR count). The number of non-ortho nitro benzene ring substituents is 1. The van der Waals surface area contributed by atoms with Crippen LogP contribution in [0, 0.1) is 10.1 Å². The van der Waals surface area contributed by atoms with Crippen LogP contribution in [0.25, 0.3) is 10.2 Å². The van der Waals surface area contributed by atoms with Crippen LogP contribution in [0.3, 0.4) is 0 Å². The van der Waals surface area contributed by atoms with E-state index in [-0.39, 0.29) is 11.3 Å². The van der Waals surface area contributed by atoms with E-state index >= 15 is 0 Å². The number of carboxylic acid groups (broad SMARTS) is 1. The number of hydrogen-bond acceptors (Lipinski definition) is 6. The fourth-order valence-electron chi connectivity index (χ4n) is 2.05. The highest BCUT2D eigenvalue weighted by atomic mass is 32.1. The number of anilines is 1. The minimum atomic E-state index is -0.961. The quantitative estimate of drug-likeness (QED) is 0.548. The molecule has 0 aliphatic heterocycles. The molecule has 0 radical (unpaired) electrons. The molecule has 3 aromatic rings. The molecule has 2 aromatic carbocycles. The number of nitrogens with zero attached hydrogens (tertiary/aromatic N) is 2. The van der Waals surface area contributed by atoms with Crippen LogP contribution in [0.1, 0.15) is 15.9 Å². The highest BCUT2D eigenvalue weighted by Gasteiger charge is 2.10. The van der Waals surface area contributed by atoms with Crippen molar-refractivity contribution in [3.63, 3.8) is 0 Å². The van der Waals surface area contributed by atoms with Crippen molar-refractivity contribution in [2.75, 3.05) is 5.32 Å². The van der Waals surface area contributed by atoms with Gasteiger partial charge in [0.15, 0.2) is 5.13 Å². The van der Waals surface area contributed by atoms with E-state index < -0.39 is 10.9 Å². The summed E-state index contributed by atoms with van der Waals surface area (Å²) in [5.41, 5.74) is 1.89. The molecule has 0 bridgehead atoms. The van der Waals surface area contributed by atoms with Crippen LogP contribution in [0.4, 0.5) is 10.8 Å². The molecule has 0 saturated heterocycles. The lowest BCUT2D eigenvalue weighted by molar-refractivity contribution is -0.384. The maximum absolute atomic E-state index is 10.8. The molecule has 0 unspecified atom stereocenters. The number of carboxylic acids is 1. The first kappa shape index (κ1) is 14.9. The Bertz CT molecular complexity index is 889. The zero-order valence-corrected chi connectivity index (χ0v) is 12.5. The number of nitrogens with one attached hydrogen (secondary N) is 1. The third-order valence-corrected chi connectivity index (χ3v) is 4.20. The molecular formula is C15H11N3O4S. The number of nitro benzene ring substituents is 1. The first-order chi connectivity index (χ1) is 11.0. The second kappa shape index (κ2) is 6.01. The topological polar surface area (TPSA) is 105 Å². The standard InChI is InChI=1S/C15H11N3O4S/c19-14(20)10-3-1-9(2-4-10)8-16-15-17-12-6-5-11(18(21)22)7-13(12)23-15/h1-7H,8H2,(H,16,17)(H,19,20). The zero-order valence-electron chi connectivity index (χ0n) is 11.7. The molecule has 0 fully saturated rings. The van der Waals surface area contributed by atoms with Crippen molar-refractivity contribution in [2.45, 2.75) is 6.54 Å². The van der Waals surface area contributed by atoms with Crippen molar-refractivity contribution < 1.29 is 14.8 Å². The summed E-state index contributed by atoms with van der Waals surface area (Å²) in [6.45, 7) is 0.488. The Morgan fingerprint density at radius 1 is 1.26 bits per heavy atom. The van der Waals surface area contributed by atoms with Gasteiger partial charge in [-0.15, -0.1) is 0 Å². The molecular weight excluding hydrogens is 318 g/mol. The number of nitro groups is 1. The molecule has 1 heterocycles. The number of hydrogen-bond donors (Lipinski definition) is 2. The third-order valence-electron chi connectivity index (χ3n) is 3.23. The molecule has 0 amide bonds. The van der Waals surface area contributed by atoms with Crippen LogP contribution in [0.2, 0.25) is 0 Å². The van der Waals surface area contributed by atoms with Crippen LogP contribution >= 0.6 is 11.3 Å².